The summed E-state index contributed by atoms with van der Waals surface area (Å²) in [6.45, 7) is 2.95. The molecule has 0 aromatic heterocycles. The van der Waals surface area contributed by atoms with E-state index >= 15 is 0 Å². The number of carbonyl (C=O) groups is 1. The molecule has 0 fully saturated rings. The van der Waals surface area contributed by atoms with Crippen LogP contribution in [0.15, 0.2) is 112 Å². The fourth-order valence-corrected chi connectivity index (χ4v) is 5.30. The van der Waals surface area contributed by atoms with Gasteiger partial charge in [0.15, 0.2) is 14.7 Å². The van der Waals surface area contributed by atoms with Crippen molar-refractivity contribution >= 4 is 16.9 Å². The van der Waals surface area contributed by atoms with Crippen molar-refractivity contribution < 1.29 is 35.9 Å². The summed E-state index contributed by atoms with van der Waals surface area (Å²) in [7, 11) is -0.612. The molecule has 2 nitrogen and oxygen atoms in total. The lowest BCUT2D eigenvalue weighted by Crippen LogP contribution is -2.59. The van der Waals surface area contributed by atoms with Gasteiger partial charge in [0.2, 0.25) is 0 Å². The molecular formula is C25H19F6O2S+. The SMILES string of the molecule is C=CCC(OC(=O)c1ccc([S+](c2ccccc2)c2ccccc2)cc1)(C(F)(F)F)C(F)(F)F. The lowest BCUT2D eigenvalue weighted by molar-refractivity contribution is -0.363. The van der Waals surface area contributed by atoms with Crippen LogP contribution in [0.1, 0.15) is 16.8 Å². The molecule has 9 heteroatoms. The smallest absolute Gasteiger partial charge is 0.435 e. The van der Waals surface area contributed by atoms with Gasteiger partial charge in [0.25, 0.3) is 0 Å². The van der Waals surface area contributed by atoms with Crippen molar-refractivity contribution in [3.63, 3.8) is 0 Å². The molecule has 3 aromatic carbocycles. The maximum absolute atomic E-state index is 13.4. The first-order valence-electron chi connectivity index (χ1n) is 9.92. The lowest BCUT2D eigenvalue weighted by Gasteiger charge is -2.35. The Balaban J connectivity index is 1.96. The van der Waals surface area contributed by atoms with Gasteiger partial charge in [0.05, 0.1) is 16.5 Å². The average molecular weight is 497 g/mol. The largest absolute Gasteiger partial charge is 0.437 e. The highest BCUT2D eigenvalue weighted by molar-refractivity contribution is 7.97. The van der Waals surface area contributed by atoms with E-state index in [1.807, 2.05) is 60.7 Å². The van der Waals surface area contributed by atoms with Crippen molar-refractivity contribution in [2.75, 3.05) is 0 Å². The molecule has 0 heterocycles. The van der Waals surface area contributed by atoms with Gasteiger partial charge in [-0.05, 0) is 48.5 Å². The highest BCUT2D eigenvalue weighted by atomic mass is 32.2. The van der Waals surface area contributed by atoms with Gasteiger partial charge in [-0.3, -0.25) is 0 Å². The first-order valence-corrected chi connectivity index (χ1v) is 11.1. The van der Waals surface area contributed by atoms with E-state index < -0.39 is 46.8 Å². The number of halogens is 6. The maximum Gasteiger partial charge on any atom is 0.437 e. The predicted octanol–water partition coefficient (Wildman–Crippen LogP) is 7.38. The third-order valence-corrected chi connectivity index (χ3v) is 7.13. The van der Waals surface area contributed by atoms with Crippen LogP contribution in [0.5, 0.6) is 0 Å². The fourth-order valence-electron chi connectivity index (χ4n) is 3.22. The molecule has 178 valence electrons. The fraction of sp³-hybridized carbons (Fsp3) is 0.160. The van der Waals surface area contributed by atoms with Crippen LogP contribution in [0.3, 0.4) is 0 Å². The zero-order chi connectivity index (χ0) is 25.0. The van der Waals surface area contributed by atoms with Gasteiger partial charge in [-0.2, -0.15) is 26.3 Å². The first-order chi connectivity index (χ1) is 16.0. The van der Waals surface area contributed by atoms with Crippen LogP contribution in [0, 0.1) is 0 Å². The Kier molecular flexibility index (Phi) is 7.45. The minimum atomic E-state index is -5.89. The second-order valence-corrected chi connectivity index (χ2v) is 9.19. The average Bonchev–Trinajstić information content (AvgIpc) is 2.79. The summed E-state index contributed by atoms with van der Waals surface area (Å²) < 4.78 is 84.7. The van der Waals surface area contributed by atoms with Crippen molar-refractivity contribution in [2.24, 2.45) is 0 Å². The molecule has 0 saturated carbocycles. The number of benzene rings is 3. The molecule has 0 unspecified atom stereocenters. The second kappa shape index (κ2) is 9.97. The predicted molar refractivity (Wildman–Crippen MR) is 117 cm³/mol. The standard InChI is InChI=1S/C25H19F6O2S/c1-2-17-23(24(26,27)28,25(29,30)31)33-22(32)18-13-15-21(16-14-18)34(19-9-5-3-6-10-19)20-11-7-4-8-12-20/h2-16H,1,17H2/q+1. The van der Waals surface area contributed by atoms with Gasteiger partial charge >= 0.3 is 23.9 Å². The van der Waals surface area contributed by atoms with Gasteiger partial charge in [-0.1, -0.05) is 42.5 Å². The van der Waals surface area contributed by atoms with E-state index in [2.05, 4.69) is 11.3 Å². The topological polar surface area (TPSA) is 26.3 Å². The number of esters is 1. The molecule has 0 aliphatic rings. The van der Waals surface area contributed by atoms with Crippen LogP contribution in [-0.2, 0) is 15.6 Å². The zero-order valence-electron chi connectivity index (χ0n) is 17.6. The molecular weight excluding hydrogens is 478 g/mol. The molecule has 0 amide bonds. The Labute approximate surface area is 195 Å². The lowest BCUT2D eigenvalue weighted by atomic mass is 9.97. The minimum absolute atomic E-state index is 0.419. The van der Waals surface area contributed by atoms with Crippen molar-refractivity contribution in [1.82, 2.24) is 0 Å². The molecule has 3 aromatic rings. The zero-order valence-corrected chi connectivity index (χ0v) is 18.4. The van der Waals surface area contributed by atoms with Gasteiger partial charge < -0.3 is 4.74 Å². The summed E-state index contributed by atoms with van der Waals surface area (Å²) in [6, 6.07) is 24.1. The minimum Gasteiger partial charge on any atom is -0.435 e. The molecule has 3 rings (SSSR count). The van der Waals surface area contributed by atoms with Crippen molar-refractivity contribution in [1.29, 1.82) is 0 Å². The molecule has 0 saturated heterocycles. The van der Waals surface area contributed by atoms with E-state index in [9.17, 15) is 31.1 Å². The normalized spacial score (nSPS) is 12.4. The van der Waals surface area contributed by atoms with Crippen LogP contribution >= 0.6 is 0 Å². The Hall–Kier alpha value is -3.20. The number of rotatable bonds is 7. The summed E-state index contributed by atoms with van der Waals surface area (Å²) in [4.78, 5) is 15.0. The van der Waals surface area contributed by atoms with E-state index in [0.29, 0.717) is 6.08 Å². The monoisotopic (exact) mass is 497 g/mol. The molecule has 0 radical (unpaired) electrons. The van der Waals surface area contributed by atoms with E-state index in [0.717, 1.165) is 26.8 Å². The van der Waals surface area contributed by atoms with Crippen LogP contribution in [0.4, 0.5) is 26.3 Å². The van der Waals surface area contributed by atoms with Crippen LogP contribution in [0.2, 0.25) is 0 Å². The molecule has 0 spiro atoms. The molecule has 0 atom stereocenters. The Bertz CT molecular complexity index is 1060. The number of alkyl halides is 6. The molecule has 34 heavy (non-hydrogen) atoms. The van der Waals surface area contributed by atoms with Gasteiger partial charge in [-0.15, -0.1) is 6.58 Å². The van der Waals surface area contributed by atoms with Gasteiger partial charge in [0.1, 0.15) is 0 Å². The summed E-state index contributed by atoms with van der Waals surface area (Å²) in [5.41, 5.74) is -5.12. The Morgan fingerprint density at radius 3 is 1.53 bits per heavy atom. The van der Waals surface area contributed by atoms with Crippen molar-refractivity contribution in [3.8, 4) is 0 Å². The van der Waals surface area contributed by atoms with Gasteiger partial charge in [-0.25, -0.2) is 4.79 Å². The molecule has 0 bridgehead atoms. The number of carbonyl (C=O) groups excluding carboxylic acids is 1. The number of hydrogen-bond acceptors (Lipinski definition) is 2. The number of hydrogen-bond donors (Lipinski definition) is 0. The van der Waals surface area contributed by atoms with E-state index in [-0.39, 0.29) is 0 Å². The highest BCUT2D eigenvalue weighted by Crippen LogP contribution is 2.48. The van der Waals surface area contributed by atoms with Crippen LogP contribution < -0.4 is 0 Å². The third-order valence-electron chi connectivity index (χ3n) is 4.90. The van der Waals surface area contributed by atoms with Crippen molar-refractivity contribution in [2.45, 2.75) is 39.1 Å². The second-order valence-electron chi connectivity index (χ2n) is 7.16. The molecule has 0 aliphatic heterocycles. The summed E-state index contributed by atoms with van der Waals surface area (Å²) >= 11 is 0. The maximum atomic E-state index is 13.4. The van der Waals surface area contributed by atoms with Gasteiger partial charge in [0, 0.05) is 6.42 Å². The number of ether oxygens (including phenoxy) is 1. The van der Waals surface area contributed by atoms with E-state index in [1.54, 1.807) is 0 Å². The highest BCUT2D eigenvalue weighted by Gasteiger charge is 2.73. The van der Waals surface area contributed by atoms with E-state index in [1.165, 1.54) is 12.1 Å². The third kappa shape index (κ3) is 5.14. The summed E-state index contributed by atoms with van der Waals surface area (Å²) in [6.07, 6.45) is -13.0. The Morgan fingerprint density at radius 1 is 0.735 bits per heavy atom. The molecule has 0 N–H and O–H groups in total. The van der Waals surface area contributed by atoms with E-state index in [4.69, 9.17) is 0 Å². The van der Waals surface area contributed by atoms with Crippen LogP contribution in [-0.4, -0.2) is 23.9 Å². The molecule has 0 aliphatic carbocycles. The summed E-state index contributed by atoms with van der Waals surface area (Å²) in [5, 5.41) is 0. The first kappa shape index (κ1) is 25.4. The quantitative estimate of drug-likeness (QED) is 0.147. The Morgan fingerprint density at radius 2 is 1.15 bits per heavy atom. The van der Waals surface area contributed by atoms with Crippen molar-refractivity contribution in [3.05, 3.63) is 103 Å². The summed E-state index contributed by atoms with van der Waals surface area (Å²) in [5.74, 6) is -1.73. The van der Waals surface area contributed by atoms with Crippen LogP contribution in [0.25, 0.3) is 0 Å².